The van der Waals surface area contributed by atoms with Crippen LogP contribution in [0.5, 0.6) is 5.75 Å². The fourth-order valence-corrected chi connectivity index (χ4v) is 4.84. The Morgan fingerprint density at radius 1 is 1.32 bits per heavy atom. The van der Waals surface area contributed by atoms with Crippen molar-refractivity contribution in [2.24, 2.45) is 0 Å². The summed E-state index contributed by atoms with van der Waals surface area (Å²) in [6.45, 7) is 3.33. The minimum atomic E-state index is -2.61. The van der Waals surface area contributed by atoms with E-state index in [1.807, 2.05) is 24.3 Å². The lowest BCUT2D eigenvalue weighted by Gasteiger charge is -2.22. The van der Waals surface area contributed by atoms with E-state index >= 15 is 0 Å². The number of hydrogen-bond donors (Lipinski definition) is 0. The van der Waals surface area contributed by atoms with Crippen molar-refractivity contribution >= 4 is 23.2 Å². The molecule has 1 amide bonds. The summed E-state index contributed by atoms with van der Waals surface area (Å²) < 4.78 is 35.8. The molecule has 1 saturated heterocycles. The van der Waals surface area contributed by atoms with Crippen LogP contribution in [0.15, 0.2) is 24.3 Å². The molecule has 2 heterocycles. The van der Waals surface area contributed by atoms with Crippen LogP contribution in [-0.2, 0) is 21.5 Å². The van der Waals surface area contributed by atoms with Crippen molar-refractivity contribution in [3.63, 3.8) is 0 Å². The molecule has 1 unspecified atom stereocenters. The summed E-state index contributed by atoms with van der Waals surface area (Å²) in [5, 5.41) is 0.192. The molecular weight excluding hydrogens is 412 g/mol. The number of carbonyl (C=O) groups excluding carboxylic acids is 2. The molecule has 2 aromatic rings. The van der Waals surface area contributed by atoms with E-state index in [4.69, 9.17) is 13.6 Å². The Kier molecular flexibility index (Phi) is 4.65. The maximum Gasteiger partial charge on any atom is 0.350 e. The minimum absolute atomic E-state index is 0.105. The fraction of sp³-hybridized carbons (Fsp3) is 0.542. The van der Waals surface area contributed by atoms with Crippen molar-refractivity contribution in [1.82, 2.24) is 9.88 Å². The highest BCUT2D eigenvalue weighted by atomic mass is 32.1. The van der Waals surface area contributed by atoms with Crippen LogP contribution in [0, 0.1) is 0 Å². The second-order valence-corrected chi connectivity index (χ2v) is 10.2. The van der Waals surface area contributed by atoms with Crippen LogP contribution >= 0.6 is 11.3 Å². The third-order valence-electron chi connectivity index (χ3n) is 5.51. The molecule has 2 fully saturated rings. The molecule has 4 rings (SSSR count). The molecule has 0 spiro atoms. The summed E-state index contributed by atoms with van der Waals surface area (Å²) >= 11 is 1.01. The zero-order chi connectivity index (χ0) is 24.9. The molecule has 1 aromatic carbocycles. The van der Waals surface area contributed by atoms with E-state index in [0.717, 1.165) is 29.7 Å². The van der Waals surface area contributed by atoms with Gasteiger partial charge in [-0.25, -0.2) is 9.78 Å². The molecule has 0 N–H and O–H groups in total. The molecule has 6 nitrogen and oxygen atoms in total. The Balaban J connectivity index is 1.69. The highest BCUT2D eigenvalue weighted by molar-refractivity contribution is 7.14. The number of amides is 1. The molecular formula is C24H30N2O4S. The van der Waals surface area contributed by atoms with Crippen LogP contribution in [0.1, 0.15) is 82.9 Å². The van der Waals surface area contributed by atoms with Crippen LogP contribution in [0.2, 0.25) is 0 Å². The highest BCUT2D eigenvalue weighted by Crippen LogP contribution is 2.46. The monoisotopic (exact) mass is 445 g/mol. The van der Waals surface area contributed by atoms with Crippen LogP contribution < -0.4 is 4.74 Å². The molecule has 1 aliphatic carbocycles. The van der Waals surface area contributed by atoms with E-state index in [0.29, 0.717) is 29.4 Å². The van der Waals surface area contributed by atoms with E-state index in [1.165, 1.54) is 0 Å². The van der Waals surface area contributed by atoms with Crippen LogP contribution in [0.4, 0.5) is 0 Å². The quantitative estimate of drug-likeness (QED) is 0.604. The SMILES string of the molecule is [2H]C([2H])([2H])C1(c2nc(C3CC3)c(C(=O)OC(C)(C)C)s2)CCN(Cc2ccc(OC)cc2)C1=O. The molecule has 0 radical (unpaired) electrons. The average Bonchev–Trinajstić information content (AvgIpc) is 3.40. The lowest BCUT2D eigenvalue weighted by Crippen LogP contribution is -2.35. The normalized spacial score (nSPS) is 23.3. The van der Waals surface area contributed by atoms with Gasteiger partial charge in [-0.3, -0.25) is 4.79 Å². The van der Waals surface area contributed by atoms with Crippen LogP contribution in [0.25, 0.3) is 0 Å². The standard InChI is InChI=1S/C24H30N2O4S/c1-23(2,3)30-20(27)19-18(16-8-9-16)25-21(31-19)24(4)12-13-26(22(24)28)14-15-6-10-17(29-5)11-7-15/h6-7,10-11,16H,8-9,12-14H2,1-5H3/i4D3. The van der Waals surface area contributed by atoms with Gasteiger partial charge in [0.05, 0.1) is 18.2 Å². The number of rotatable bonds is 6. The predicted molar refractivity (Wildman–Crippen MR) is 120 cm³/mol. The Hall–Kier alpha value is -2.41. The zero-order valence-electron chi connectivity index (χ0n) is 21.4. The molecule has 0 bridgehead atoms. The third-order valence-corrected chi connectivity index (χ3v) is 6.72. The van der Waals surface area contributed by atoms with Gasteiger partial charge in [0.1, 0.15) is 21.2 Å². The number of ether oxygens (including phenoxy) is 2. The first-order chi connectivity index (χ1) is 15.9. The van der Waals surface area contributed by atoms with Crippen molar-refractivity contribution in [3.05, 3.63) is 45.4 Å². The first-order valence-corrected chi connectivity index (χ1v) is 11.3. The van der Waals surface area contributed by atoms with E-state index in [2.05, 4.69) is 4.98 Å². The van der Waals surface area contributed by atoms with Crippen molar-refractivity contribution in [3.8, 4) is 5.75 Å². The van der Waals surface area contributed by atoms with Gasteiger partial charge in [0.25, 0.3) is 0 Å². The van der Waals surface area contributed by atoms with Gasteiger partial charge in [0, 0.05) is 23.1 Å². The second-order valence-electron chi connectivity index (χ2n) is 9.24. The summed E-state index contributed by atoms with van der Waals surface area (Å²) in [6.07, 6.45) is 1.89. The lowest BCUT2D eigenvalue weighted by molar-refractivity contribution is -0.132. The number of benzene rings is 1. The highest BCUT2D eigenvalue weighted by Gasteiger charge is 2.48. The molecule has 31 heavy (non-hydrogen) atoms. The molecule has 166 valence electrons. The molecule has 1 aromatic heterocycles. The Morgan fingerprint density at radius 3 is 2.61 bits per heavy atom. The Bertz CT molecular complexity index is 1090. The van der Waals surface area contributed by atoms with Gasteiger partial charge in [0.2, 0.25) is 5.91 Å². The van der Waals surface area contributed by atoms with E-state index in [9.17, 15) is 9.59 Å². The number of methoxy groups -OCH3 is 1. The van der Waals surface area contributed by atoms with Gasteiger partial charge >= 0.3 is 5.97 Å². The second kappa shape index (κ2) is 7.93. The first-order valence-electron chi connectivity index (χ1n) is 12.0. The van der Waals surface area contributed by atoms with Crippen LogP contribution in [-0.4, -0.2) is 41.0 Å². The fourth-order valence-electron chi connectivity index (χ4n) is 3.70. The molecule has 7 heteroatoms. The maximum atomic E-state index is 13.7. The Labute approximate surface area is 191 Å². The van der Waals surface area contributed by atoms with E-state index in [-0.39, 0.29) is 17.3 Å². The van der Waals surface area contributed by atoms with Gasteiger partial charge in [-0.1, -0.05) is 12.1 Å². The number of esters is 1. The summed E-state index contributed by atoms with van der Waals surface area (Å²) in [7, 11) is 1.58. The average molecular weight is 446 g/mol. The summed E-state index contributed by atoms with van der Waals surface area (Å²) in [5.74, 6) is -0.180. The molecule has 1 saturated carbocycles. The first kappa shape index (κ1) is 18.2. The number of aromatic nitrogens is 1. The van der Waals surface area contributed by atoms with Gasteiger partial charge in [-0.05, 0) is 64.6 Å². The van der Waals surface area contributed by atoms with E-state index < -0.39 is 29.7 Å². The molecule has 1 atom stereocenters. The van der Waals surface area contributed by atoms with Crippen LogP contribution in [0.3, 0.4) is 0 Å². The van der Waals surface area contributed by atoms with Gasteiger partial charge in [0.15, 0.2) is 0 Å². The van der Waals surface area contributed by atoms with Crippen molar-refractivity contribution in [1.29, 1.82) is 0 Å². The minimum Gasteiger partial charge on any atom is -0.497 e. The van der Waals surface area contributed by atoms with Crippen molar-refractivity contribution < 1.29 is 23.2 Å². The largest absolute Gasteiger partial charge is 0.497 e. The zero-order valence-corrected chi connectivity index (χ0v) is 19.2. The lowest BCUT2D eigenvalue weighted by atomic mass is 9.90. The topological polar surface area (TPSA) is 68.7 Å². The van der Waals surface area contributed by atoms with Crippen molar-refractivity contribution in [2.45, 2.75) is 70.4 Å². The van der Waals surface area contributed by atoms with E-state index in [1.54, 1.807) is 32.8 Å². The number of likely N-dealkylation sites (tertiary alicyclic amines) is 1. The van der Waals surface area contributed by atoms with Gasteiger partial charge in [-0.2, -0.15) is 0 Å². The third kappa shape index (κ3) is 4.47. The smallest absolute Gasteiger partial charge is 0.350 e. The molecule has 1 aliphatic heterocycles. The number of carbonyl (C=O) groups is 2. The summed E-state index contributed by atoms with van der Waals surface area (Å²) in [6, 6.07) is 7.33. The summed E-state index contributed by atoms with van der Waals surface area (Å²) in [5.41, 5.74) is -1.02. The number of nitrogens with zero attached hydrogens (tertiary/aromatic N) is 2. The number of hydrogen-bond acceptors (Lipinski definition) is 6. The predicted octanol–water partition coefficient (Wildman–Crippen LogP) is 4.67. The van der Waals surface area contributed by atoms with Gasteiger partial charge in [-0.15, -0.1) is 11.3 Å². The molecule has 2 aliphatic rings. The van der Waals surface area contributed by atoms with Crippen molar-refractivity contribution in [2.75, 3.05) is 13.7 Å². The Morgan fingerprint density at radius 2 is 2.03 bits per heavy atom. The maximum absolute atomic E-state index is 13.7. The summed E-state index contributed by atoms with van der Waals surface area (Å²) in [4.78, 5) is 33.2. The number of thiazole rings is 1. The van der Waals surface area contributed by atoms with Gasteiger partial charge < -0.3 is 14.4 Å².